The van der Waals surface area contributed by atoms with E-state index in [0.29, 0.717) is 29.9 Å². The number of methoxy groups -OCH3 is 1. The zero-order chi connectivity index (χ0) is 17.7. The summed E-state index contributed by atoms with van der Waals surface area (Å²) in [5.41, 5.74) is 1.26. The number of ether oxygens (including phenoxy) is 1. The van der Waals surface area contributed by atoms with Crippen LogP contribution in [0.3, 0.4) is 0 Å². The number of carbonyl (C=O) groups excluding carboxylic acids is 2. The van der Waals surface area contributed by atoms with Crippen molar-refractivity contribution in [2.45, 2.75) is 26.3 Å². The van der Waals surface area contributed by atoms with Crippen molar-refractivity contribution in [2.75, 3.05) is 14.2 Å². The molecular formula is C18H20FNO4. The molecule has 0 spiro atoms. The minimum Gasteiger partial charge on any atom is -0.465 e. The summed E-state index contributed by atoms with van der Waals surface area (Å²) < 4.78 is 23.0. The van der Waals surface area contributed by atoms with Crippen molar-refractivity contribution in [2.24, 2.45) is 0 Å². The van der Waals surface area contributed by atoms with Crippen LogP contribution in [0, 0.1) is 12.7 Å². The van der Waals surface area contributed by atoms with Gasteiger partial charge in [-0.3, -0.25) is 4.79 Å². The molecule has 0 saturated heterocycles. The Morgan fingerprint density at radius 1 is 1.25 bits per heavy atom. The smallest absolute Gasteiger partial charge is 0.341 e. The van der Waals surface area contributed by atoms with Crippen LogP contribution in [-0.2, 0) is 22.5 Å². The van der Waals surface area contributed by atoms with Gasteiger partial charge in [0.2, 0.25) is 5.91 Å². The van der Waals surface area contributed by atoms with Crippen LogP contribution in [-0.4, -0.2) is 30.9 Å². The Kier molecular flexibility index (Phi) is 5.73. The van der Waals surface area contributed by atoms with Gasteiger partial charge in [0.05, 0.1) is 13.7 Å². The van der Waals surface area contributed by atoms with Gasteiger partial charge in [-0.15, -0.1) is 0 Å². The molecule has 6 heteroatoms. The van der Waals surface area contributed by atoms with Crippen LogP contribution < -0.4 is 0 Å². The van der Waals surface area contributed by atoms with E-state index in [1.165, 1.54) is 24.1 Å². The molecule has 0 aliphatic heterocycles. The molecule has 0 atom stereocenters. The van der Waals surface area contributed by atoms with E-state index in [1.54, 1.807) is 32.2 Å². The normalized spacial score (nSPS) is 10.5. The highest BCUT2D eigenvalue weighted by atomic mass is 19.1. The fourth-order valence-corrected chi connectivity index (χ4v) is 2.35. The van der Waals surface area contributed by atoms with Crippen molar-refractivity contribution in [1.82, 2.24) is 4.90 Å². The third-order valence-electron chi connectivity index (χ3n) is 3.73. The second-order valence-electron chi connectivity index (χ2n) is 5.55. The largest absolute Gasteiger partial charge is 0.465 e. The first kappa shape index (κ1) is 17.7. The molecule has 24 heavy (non-hydrogen) atoms. The Labute approximate surface area is 140 Å². The lowest BCUT2D eigenvalue weighted by atomic mass is 10.1. The second kappa shape index (κ2) is 7.77. The molecule has 0 saturated carbocycles. The molecule has 2 aromatic rings. The van der Waals surface area contributed by atoms with Crippen LogP contribution in [0.2, 0.25) is 0 Å². The van der Waals surface area contributed by atoms with E-state index in [2.05, 4.69) is 4.74 Å². The maximum atomic E-state index is 12.9. The van der Waals surface area contributed by atoms with Gasteiger partial charge in [-0.2, -0.15) is 0 Å². The van der Waals surface area contributed by atoms with Gasteiger partial charge in [0, 0.05) is 13.5 Å². The third kappa shape index (κ3) is 4.44. The maximum absolute atomic E-state index is 12.9. The summed E-state index contributed by atoms with van der Waals surface area (Å²) in [7, 11) is 2.97. The van der Waals surface area contributed by atoms with Crippen molar-refractivity contribution >= 4 is 11.9 Å². The van der Waals surface area contributed by atoms with Crippen molar-refractivity contribution < 1.29 is 23.1 Å². The molecule has 0 radical (unpaired) electrons. The third-order valence-corrected chi connectivity index (χ3v) is 3.73. The number of esters is 1. The summed E-state index contributed by atoms with van der Waals surface area (Å²) in [6.07, 6.45) is 0.847. The first-order valence-electron chi connectivity index (χ1n) is 7.56. The van der Waals surface area contributed by atoms with Crippen LogP contribution in [0.1, 0.15) is 33.9 Å². The minimum absolute atomic E-state index is 0.0620. The molecule has 2 rings (SSSR count). The van der Waals surface area contributed by atoms with Crippen molar-refractivity contribution in [1.29, 1.82) is 0 Å². The Bertz CT molecular complexity index is 721. The Morgan fingerprint density at radius 3 is 2.54 bits per heavy atom. The van der Waals surface area contributed by atoms with Crippen LogP contribution in [0.4, 0.5) is 4.39 Å². The van der Waals surface area contributed by atoms with Gasteiger partial charge < -0.3 is 14.1 Å². The van der Waals surface area contributed by atoms with Gasteiger partial charge in [-0.05, 0) is 37.1 Å². The quantitative estimate of drug-likeness (QED) is 0.762. The van der Waals surface area contributed by atoms with Gasteiger partial charge >= 0.3 is 5.97 Å². The summed E-state index contributed by atoms with van der Waals surface area (Å²) in [6.45, 7) is 1.94. The number of amides is 1. The lowest BCUT2D eigenvalue weighted by Gasteiger charge is -2.15. The zero-order valence-electron chi connectivity index (χ0n) is 14.0. The van der Waals surface area contributed by atoms with E-state index in [4.69, 9.17) is 4.42 Å². The number of furan rings is 1. The number of halogens is 1. The Hall–Kier alpha value is -2.63. The van der Waals surface area contributed by atoms with Gasteiger partial charge in [-0.25, -0.2) is 9.18 Å². The number of hydrogen-bond donors (Lipinski definition) is 0. The van der Waals surface area contributed by atoms with Crippen molar-refractivity contribution in [3.63, 3.8) is 0 Å². The van der Waals surface area contributed by atoms with Crippen LogP contribution >= 0.6 is 0 Å². The number of nitrogens with zero attached hydrogens (tertiary/aromatic N) is 1. The van der Waals surface area contributed by atoms with Gasteiger partial charge in [0.15, 0.2) is 0 Å². The van der Waals surface area contributed by atoms with E-state index in [0.717, 1.165) is 5.56 Å². The van der Waals surface area contributed by atoms with Crippen LogP contribution in [0.5, 0.6) is 0 Å². The average Bonchev–Trinajstić information content (AvgIpc) is 2.93. The molecule has 1 amide bonds. The van der Waals surface area contributed by atoms with Gasteiger partial charge in [0.1, 0.15) is 22.9 Å². The molecule has 128 valence electrons. The number of aryl methyl sites for hydroxylation is 2. The first-order chi connectivity index (χ1) is 11.4. The topological polar surface area (TPSA) is 59.8 Å². The predicted octanol–water partition coefficient (Wildman–Crippen LogP) is 3.10. The molecule has 0 N–H and O–H groups in total. The van der Waals surface area contributed by atoms with Crippen LogP contribution in [0.25, 0.3) is 0 Å². The fourth-order valence-electron chi connectivity index (χ4n) is 2.35. The molecule has 1 aromatic heterocycles. The monoisotopic (exact) mass is 333 g/mol. The number of benzene rings is 1. The van der Waals surface area contributed by atoms with Crippen molar-refractivity contribution in [3.05, 3.63) is 58.8 Å². The summed E-state index contributed by atoms with van der Waals surface area (Å²) in [4.78, 5) is 25.3. The Balaban J connectivity index is 1.91. The SMILES string of the molecule is COC(=O)c1cc(CN(C)C(=O)CCc2ccc(F)cc2)oc1C. The van der Waals surface area contributed by atoms with E-state index in [-0.39, 0.29) is 18.3 Å². The zero-order valence-corrected chi connectivity index (χ0v) is 14.0. The predicted molar refractivity (Wildman–Crippen MR) is 86.0 cm³/mol. The summed E-state index contributed by atoms with van der Waals surface area (Å²) in [5, 5.41) is 0. The second-order valence-corrected chi connectivity index (χ2v) is 5.55. The molecule has 0 unspecified atom stereocenters. The number of carbonyl (C=O) groups is 2. The summed E-state index contributed by atoms with van der Waals surface area (Å²) in [6, 6.07) is 7.68. The van der Waals surface area contributed by atoms with E-state index in [9.17, 15) is 14.0 Å². The lowest BCUT2D eigenvalue weighted by molar-refractivity contribution is -0.130. The maximum Gasteiger partial charge on any atom is 0.341 e. The Morgan fingerprint density at radius 2 is 1.92 bits per heavy atom. The highest BCUT2D eigenvalue weighted by Gasteiger charge is 2.17. The number of hydrogen-bond acceptors (Lipinski definition) is 4. The van der Waals surface area contributed by atoms with Gasteiger partial charge in [0.25, 0.3) is 0 Å². The van der Waals surface area contributed by atoms with Crippen LogP contribution in [0.15, 0.2) is 34.7 Å². The molecule has 0 aliphatic rings. The fraction of sp³-hybridized carbons (Fsp3) is 0.333. The van der Waals surface area contributed by atoms with E-state index < -0.39 is 5.97 Å². The summed E-state index contributed by atoms with van der Waals surface area (Å²) in [5.74, 6) is 0.159. The molecule has 0 aliphatic carbocycles. The first-order valence-corrected chi connectivity index (χ1v) is 7.56. The summed E-state index contributed by atoms with van der Waals surface area (Å²) >= 11 is 0. The van der Waals surface area contributed by atoms with Gasteiger partial charge in [-0.1, -0.05) is 12.1 Å². The highest BCUT2D eigenvalue weighted by molar-refractivity contribution is 5.90. The molecule has 0 bridgehead atoms. The lowest BCUT2D eigenvalue weighted by Crippen LogP contribution is -2.26. The van der Waals surface area contributed by atoms with E-state index >= 15 is 0 Å². The minimum atomic E-state index is -0.465. The number of rotatable bonds is 6. The van der Waals surface area contributed by atoms with Crippen molar-refractivity contribution in [3.8, 4) is 0 Å². The molecule has 1 heterocycles. The standard InChI is InChI=1S/C18H20FNO4/c1-12-16(18(22)23-3)10-15(24-12)11-20(2)17(21)9-6-13-4-7-14(19)8-5-13/h4-5,7-8,10H,6,9,11H2,1-3H3. The average molecular weight is 333 g/mol. The molecule has 5 nitrogen and oxygen atoms in total. The molecular weight excluding hydrogens is 313 g/mol. The highest BCUT2D eigenvalue weighted by Crippen LogP contribution is 2.17. The van der Waals surface area contributed by atoms with E-state index in [1.807, 2.05) is 0 Å². The molecule has 1 aromatic carbocycles. The molecule has 0 fully saturated rings.